The fourth-order valence-electron chi connectivity index (χ4n) is 2.67. The third-order valence-corrected chi connectivity index (χ3v) is 6.00. The van der Waals surface area contributed by atoms with Crippen LogP contribution in [0, 0.1) is 6.92 Å². The molecule has 0 aliphatic heterocycles. The van der Waals surface area contributed by atoms with Gasteiger partial charge in [-0.2, -0.15) is 0 Å². The van der Waals surface area contributed by atoms with E-state index in [0.29, 0.717) is 12.2 Å². The molecule has 0 N–H and O–H groups in total. The summed E-state index contributed by atoms with van der Waals surface area (Å²) in [6.07, 6.45) is 8.15. The molecular weight excluding hydrogens is 382 g/mol. The molecule has 1 aromatic rings. The van der Waals surface area contributed by atoms with Gasteiger partial charge in [0, 0.05) is 17.1 Å². The van der Waals surface area contributed by atoms with E-state index in [2.05, 4.69) is 47.8 Å². The van der Waals surface area contributed by atoms with Gasteiger partial charge in [0.05, 0.1) is 10.4 Å². The third kappa shape index (κ3) is 6.21. The lowest BCUT2D eigenvalue weighted by atomic mass is 9.92. The number of nitrogens with zero attached hydrogens (tertiary/aromatic N) is 1. The summed E-state index contributed by atoms with van der Waals surface area (Å²) in [6.45, 7) is 8.37. The van der Waals surface area contributed by atoms with Crippen molar-refractivity contribution in [1.82, 2.24) is 0 Å². The number of rotatable bonds is 10. The summed E-state index contributed by atoms with van der Waals surface area (Å²) in [5.41, 5.74) is 2.10. The van der Waals surface area contributed by atoms with Gasteiger partial charge in [0.25, 0.3) is 0 Å². The zero-order valence-corrected chi connectivity index (χ0v) is 17.5. The van der Waals surface area contributed by atoms with Crippen LogP contribution in [-0.2, 0) is 4.79 Å². The summed E-state index contributed by atoms with van der Waals surface area (Å²) in [4.78, 5) is 17.0. The van der Waals surface area contributed by atoms with Gasteiger partial charge in [0.2, 0.25) is 0 Å². The van der Waals surface area contributed by atoms with Crippen molar-refractivity contribution in [1.29, 1.82) is 0 Å². The number of carbonyl (C=O) groups excluding carboxylic acids is 1. The smallest absolute Gasteiger partial charge is 0.149 e. The van der Waals surface area contributed by atoms with Gasteiger partial charge in [0.1, 0.15) is 5.78 Å². The first-order chi connectivity index (χ1) is 11.5. The molecule has 1 aromatic carbocycles. The number of carbonyl (C=O) groups is 1. The number of allylic oxidation sites excluding steroid dienone is 1. The lowest BCUT2D eigenvalue weighted by molar-refractivity contribution is -0.121. The van der Waals surface area contributed by atoms with Gasteiger partial charge in [-0.15, -0.1) is 11.8 Å². The van der Waals surface area contributed by atoms with Crippen LogP contribution in [0.3, 0.4) is 0 Å². The zero-order valence-electron chi connectivity index (χ0n) is 15.1. The molecule has 24 heavy (non-hydrogen) atoms. The predicted octanol–water partition coefficient (Wildman–Crippen LogP) is 7.02. The molecule has 132 valence electrons. The summed E-state index contributed by atoms with van der Waals surface area (Å²) in [6, 6.07) is 6.04. The molecule has 0 aliphatic rings. The first-order valence-electron chi connectivity index (χ1n) is 8.65. The van der Waals surface area contributed by atoms with E-state index in [-0.39, 0.29) is 4.75 Å². The Morgan fingerprint density at radius 1 is 1.29 bits per heavy atom. The second-order valence-electron chi connectivity index (χ2n) is 5.93. The van der Waals surface area contributed by atoms with Gasteiger partial charge in [0.15, 0.2) is 0 Å². The molecule has 0 saturated carbocycles. The fourth-order valence-corrected chi connectivity index (χ4v) is 4.28. The minimum Gasteiger partial charge on any atom is -0.298 e. The topological polar surface area (TPSA) is 29.4 Å². The second-order valence-corrected chi connectivity index (χ2v) is 8.13. The maximum absolute atomic E-state index is 12.6. The van der Waals surface area contributed by atoms with Gasteiger partial charge >= 0.3 is 0 Å². The maximum Gasteiger partial charge on any atom is 0.149 e. The van der Waals surface area contributed by atoms with Crippen LogP contribution in [0.1, 0.15) is 58.4 Å². The number of halogens is 1. The van der Waals surface area contributed by atoms with E-state index in [4.69, 9.17) is 0 Å². The van der Waals surface area contributed by atoms with E-state index in [1.54, 1.807) is 18.0 Å². The highest BCUT2D eigenvalue weighted by molar-refractivity contribution is 9.10. The highest BCUT2D eigenvalue weighted by Crippen LogP contribution is 2.37. The highest BCUT2D eigenvalue weighted by Gasteiger charge is 2.34. The number of hydrogen-bond acceptors (Lipinski definition) is 3. The average molecular weight is 410 g/mol. The van der Waals surface area contributed by atoms with Crippen LogP contribution < -0.4 is 0 Å². The molecular formula is C20H28BrNOS. The van der Waals surface area contributed by atoms with E-state index in [9.17, 15) is 4.79 Å². The molecule has 1 unspecified atom stereocenters. The normalized spacial score (nSPS) is 14.4. The van der Waals surface area contributed by atoms with Crippen LogP contribution in [-0.4, -0.2) is 16.7 Å². The number of Topliss-reactive ketones (excluding diaryl/α,β-unsaturated/α-hetero) is 1. The van der Waals surface area contributed by atoms with Crippen molar-refractivity contribution in [3.05, 3.63) is 39.7 Å². The number of hydrogen-bond donors (Lipinski definition) is 0. The minimum atomic E-state index is -0.275. The Balaban J connectivity index is 2.76. The van der Waals surface area contributed by atoms with Crippen molar-refractivity contribution in [3.63, 3.8) is 0 Å². The molecule has 0 fully saturated rings. The molecule has 0 heterocycles. The van der Waals surface area contributed by atoms with Crippen molar-refractivity contribution in [2.45, 2.75) is 64.5 Å². The molecule has 0 amide bonds. The summed E-state index contributed by atoms with van der Waals surface area (Å²) >= 11 is 5.11. The minimum absolute atomic E-state index is 0.275. The van der Waals surface area contributed by atoms with Gasteiger partial charge in [-0.1, -0.05) is 43.1 Å². The Labute approximate surface area is 159 Å². The van der Waals surface area contributed by atoms with Gasteiger partial charge < -0.3 is 0 Å². The van der Waals surface area contributed by atoms with Gasteiger partial charge in [-0.05, 0) is 61.4 Å². The van der Waals surface area contributed by atoms with Crippen LogP contribution >= 0.6 is 27.7 Å². The van der Waals surface area contributed by atoms with Crippen LogP contribution in [0.5, 0.6) is 0 Å². The summed E-state index contributed by atoms with van der Waals surface area (Å²) < 4.78 is 0.787. The molecule has 4 heteroatoms. The van der Waals surface area contributed by atoms with Crippen LogP contribution in [0.2, 0.25) is 0 Å². The first-order valence-corrected chi connectivity index (χ1v) is 10.3. The SMILES string of the molecule is CCCC(=O)C(CC)(CCC)S/C=C/C=Nc1ccc(Br)cc1C. The Kier molecular flexibility index (Phi) is 9.60. The van der Waals surface area contributed by atoms with Crippen molar-refractivity contribution in [2.24, 2.45) is 4.99 Å². The molecule has 0 bridgehead atoms. The number of thioether (sulfide) groups is 1. The van der Waals surface area contributed by atoms with Crippen molar-refractivity contribution in [3.8, 4) is 0 Å². The summed E-state index contributed by atoms with van der Waals surface area (Å²) in [5, 5.41) is 2.02. The van der Waals surface area contributed by atoms with E-state index < -0.39 is 0 Å². The van der Waals surface area contributed by atoms with Crippen LogP contribution in [0.15, 0.2) is 39.1 Å². The highest BCUT2D eigenvalue weighted by atomic mass is 79.9. The Morgan fingerprint density at radius 2 is 2.04 bits per heavy atom. The monoisotopic (exact) mass is 409 g/mol. The first kappa shape index (κ1) is 21.2. The molecule has 1 atom stereocenters. The Bertz CT molecular complexity index is 597. The number of aliphatic imine (C=N–C) groups is 1. The predicted molar refractivity (Wildman–Crippen MR) is 112 cm³/mol. The fraction of sp³-hybridized carbons (Fsp3) is 0.500. The Hall–Kier alpha value is -0.870. The Morgan fingerprint density at radius 3 is 2.62 bits per heavy atom. The lowest BCUT2D eigenvalue weighted by Gasteiger charge is -2.29. The van der Waals surface area contributed by atoms with Crippen LogP contribution in [0.4, 0.5) is 5.69 Å². The van der Waals surface area contributed by atoms with E-state index in [1.807, 2.05) is 30.5 Å². The quantitative estimate of drug-likeness (QED) is 0.388. The summed E-state index contributed by atoms with van der Waals surface area (Å²) in [7, 11) is 0. The number of ketones is 1. The van der Waals surface area contributed by atoms with Crippen molar-refractivity contribution < 1.29 is 4.79 Å². The second kappa shape index (κ2) is 10.9. The molecule has 0 aliphatic carbocycles. The van der Waals surface area contributed by atoms with E-state index in [0.717, 1.165) is 41.4 Å². The molecule has 0 spiro atoms. The van der Waals surface area contributed by atoms with E-state index in [1.165, 1.54) is 0 Å². The number of benzene rings is 1. The summed E-state index contributed by atoms with van der Waals surface area (Å²) in [5.74, 6) is 0.379. The third-order valence-electron chi connectivity index (χ3n) is 4.04. The van der Waals surface area contributed by atoms with Gasteiger partial charge in [-0.3, -0.25) is 9.79 Å². The molecule has 0 radical (unpaired) electrons. The molecule has 2 nitrogen and oxygen atoms in total. The maximum atomic E-state index is 12.6. The largest absolute Gasteiger partial charge is 0.298 e. The lowest BCUT2D eigenvalue weighted by Crippen LogP contribution is -2.33. The molecule has 0 saturated heterocycles. The average Bonchev–Trinajstić information content (AvgIpc) is 2.55. The zero-order chi connectivity index (χ0) is 18.0. The molecule has 0 aromatic heterocycles. The number of aryl methyl sites for hydroxylation is 1. The molecule has 1 rings (SSSR count). The van der Waals surface area contributed by atoms with Crippen molar-refractivity contribution in [2.75, 3.05) is 0 Å². The van der Waals surface area contributed by atoms with Crippen LogP contribution in [0.25, 0.3) is 0 Å². The van der Waals surface area contributed by atoms with E-state index >= 15 is 0 Å². The van der Waals surface area contributed by atoms with Crippen molar-refractivity contribution >= 4 is 45.4 Å². The standard InChI is InChI=1S/C20H28BrNOS/c1-5-9-19(23)20(7-3,12-6-2)24-14-8-13-22-18-11-10-17(21)15-16(18)4/h8,10-11,13-15H,5-7,9,12H2,1-4H3/b14-8+,22-13?. The van der Waals surface area contributed by atoms with Gasteiger partial charge in [-0.25, -0.2) is 0 Å².